The van der Waals surface area contributed by atoms with Crippen molar-refractivity contribution in [1.29, 1.82) is 0 Å². The van der Waals surface area contributed by atoms with E-state index in [1.807, 2.05) is 31.2 Å². The fourth-order valence-corrected chi connectivity index (χ4v) is 1.53. The van der Waals surface area contributed by atoms with Crippen molar-refractivity contribution in [2.45, 2.75) is 19.4 Å². The van der Waals surface area contributed by atoms with Crippen LogP contribution in [0.25, 0.3) is 0 Å². The maximum absolute atomic E-state index is 10.6. The molecule has 1 amide bonds. The quantitative estimate of drug-likeness (QED) is 0.733. The molecule has 0 heterocycles. The van der Waals surface area contributed by atoms with Crippen LogP contribution >= 0.6 is 0 Å². The topological polar surface area (TPSA) is 73.6 Å². The van der Waals surface area contributed by atoms with Gasteiger partial charge in [0.2, 0.25) is 5.91 Å². The summed E-state index contributed by atoms with van der Waals surface area (Å²) in [6, 6.07) is 7.75. The van der Waals surface area contributed by atoms with Crippen molar-refractivity contribution in [3.05, 3.63) is 24.3 Å². The molecule has 0 radical (unpaired) electrons. The van der Waals surface area contributed by atoms with Gasteiger partial charge in [0.15, 0.2) is 0 Å². The fourth-order valence-electron chi connectivity index (χ4n) is 1.53. The monoisotopic (exact) mass is 252 g/mol. The van der Waals surface area contributed by atoms with E-state index in [1.54, 1.807) is 7.11 Å². The highest BCUT2D eigenvalue weighted by atomic mass is 16.5. The Morgan fingerprint density at radius 3 is 2.83 bits per heavy atom. The smallest absolute Gasteiger partial charge is 0.220 e. The maximum atomic E-state index is 10.6. The van der Waals surface area contributed by atoms with Gasteiger partial charge in [-0.1, -0.05) is 12.1 Å². The van der Waals surface area contributed by atoms with Crippen LogP contribution in [0, 0.1) is 0 Å². The van der Waals surface area contributed by atoms with Gasteiger partial charge in [0.05, 0.1) is 25.3 Å². The minimum Gasteiger partial charge on any atom is -0.491 e. The molecule has 0 aliphatic heterocycles. The molecule has 18 heavy (non-hydrogen) atoms. The van der Waals surface area contributed by atoms with Gasteiger partial charge in [-0.3, -0.25) is 4.79 Å². The molecule has 1 aromatic rings. The van der Waals surface area contributed by atoms with Gasteiger partial charge < -0.3 is 20.5 Å². The number of rotatable bonds is 8. The molecule has 0 spiro atoms. The van der Waals surface area contributed by atoms with E-state index in [2.05, 4.69) is 5.32 Å². The number of benzene rings is 1. The lowest BCUT2D eigenvalue weighted by atomic mass is 10.2. The molecule has 1 rings (SSSR count). The van der Waals surface area contributed by atoms with Crippen molar-refractivity contribution in [1.82, 2.24) is 0 Å². The molecule has 0 saturated heterocycles. The standard InChI is InChI=1S/C13H20N2O3/c1-10(9-17-2)15-11-5-3-4-6-12(11)18-8-7-13(14)16/h3-6,10,15H,7-9H2,1-2H3,(H2,14,16). The van der Waals surface area contributed by atoms with Gasteiger partial charge in [0, 0.05) is 13.2 Å². The highest BCUT2D eigenvalue weighted by Gasteiger charge is 2.07. The van der Waals surface area contributed by atoms with Crippen molar-refractivity contribution in [2.75, 3.05) is 25.6 Å². The van der Waals surface area contributed by atoms with E-state index in [0.29, 0.717) is 12.4 Å². The van der Waals surface area contributed by atoms with Crippen LogP contribution in [0.4, 0.5) is 5.69 Å². The first kappa shape index (κ1) is 14.3. The summed E-state index contributed by atoms with van der Waals surface area (Å²) in [5.41, 5.74) is 5.94. The van der Waals surface area contributed by atoms with Crippen LogP contribution in [-0.2, 0) is 9.53 Å². The Bertz CT molecular complexity index is 382. The van der Waals surface area contributed by atoms with E-state index in [0.717, 1.165) is 5.69 Å². The number of anilines is 1. The van der Waals surface area contributed by atoms with Crippen molar-refractivity contribution < 1.29 is 14.3 Å². The molecule has 0 aromatic heterocycles. The number of hydrogen-bond donors (Lipinski definition) is 2. The van der Waals surface area contributed by atoms with Crippen LogP contribution in [0.5, 0.6) is 5.75 Å². The fraction of sp³-hybridized carbons (Fsp3) is 0.462. The molecule has 0 bridgehead atoms. The van der Waals surface area contributed by atoms with Crippen LogP contribution in [-0.4, -0.2) is 32.3 Å². The average molecular weight is 252 g/mol. The molecule has 0 saturated carbocycles. The lowest BCUT2D eigenvalue weighted by Gasteiger charge is -2.17. The second-order valence-electron chi connectivity index (χ2n) is 4.06. The van der Waals surface area contributed by atoms with Crippen LogP contribution in [0.2, 0.25) is 0 Å². The zero-order valence-corrected chi connectivity index (χ0v) is 10.8. The first-order chi connectivity index (χ1) is 8.63. The van der Waals surface area contributed by atoms with Crippen LogP contribution in [0.3, 0.4) is 0 Å². The van der Waals surface area contributed by atoms with E-state index in [1.165, 1.54) is 0 Å². The third-order valence-corrected chi connectivity index (χ3v) is 2.31. The highest BCUT2D eigenvalue weighted by molar-refractivity contribution is 5.73. The van der Waals surface area contributed by atoms with Gasteiger partial charge in [0.25, 0.3) is 0 Å². The Hall–Kier alpha value is -1.75. The molecular formula is C13H20N2O3. The lowest BCUT2D eigenvalue weighted by molar-refractivity contribution is -0.118. The number of ether oxygens (including phenoxy) is 2. The van der Waals surface area contributed by atoms with Crippen LogP contribution in [0.1, 0.15) is 13.3 Å². The molecule has 3 N–H and O–H groups in total. The molecule has 0 fully saturated rings. The molecule has 1 atom stereocenters. The minimum absolute atomic E-state index is 0.177. The molecule has 5 nitrogen and oxygen atoms in total. The second-order valence-corrected chi connectivity index (χ2v) is 4.06. The van der Waals surface area contributed by atoms with Crippen molar-refractivity contribution in [3.8, 4) is 5.75 Å². The maximum Gasteiger partial charge on any atom is 0.220 e. The van der Waals surface area contributed by atoms with E-state index in [4.69, 9.17) is 15.2 Å². The van der Waals surface area contributed by atoms with Gasteiger partial charge in [-0.05, 0) is 19.1 Å². The molecule has 0 aliphatic rings. The molecule has 0 aliphatic carbocycles. The number of nitrogens with two attached hydrogens (primary N) is 1. The number of primary amides is 1. The summed E-state index contributed by atoms with van der Waals surface area (Å²) in [6.07, 6.45) is 0.210. The van der Waals surface area contributed by atoms with Crippen molar-refractivity contribution in [3.63, 3.8) is 0 Å². The summed E-state index contributed by atoms with van der Waals surface area (Å²) in [6.45, 7) is 2.91. The summed E-state index contributed by atoms with van der Waals surface area (Å²) >= 11 is 0. The van der Waals surface area contributed by atoms with Gasteiger partial charge >= 0.3 is 0 Å². The Balaban J connectivity index is 2.58. The molecule has 1 aromatic carbocycles. The van der Waals surface area contributed by atoms with E-state index < -0.39 is 0 Å². The summed E-state index contributed by atoms with van der Waals surface area (Å²) in [4.78, 5) is 10.6. The van der Waals surface area contributed by atoms with E-state index in [-0.39, 0.29) is 25.0 Å². The van der Waals surface area contributed by atoms with E-state index in [9.17, 15) is 4.79 Å². The van der Waals surface area contributed by atoms with E-state index >= 15 is 0 Å². The van der Waals surface area contributed by atoms with Gasteiger partial charge in [-0.25, -0.2) is 0 Å². The predicted octanol–water partition coefficient (Wildman–Crippen LogP) is 1.39. The van der Waals surface area contributed by atoms with Crippen LogP contribution in [0.15, 0.2) is 24.3 Å². The largest absolute Gasteiger partial charge is 0.491 e. The summed E-state index contributed by atoms with van der Waals surface area (Å²) in [5.74, 6) is 0.342. The predicted molar refractivity (Wildman–Crippen MR) is 70.7 cm³/mol. The minimum atomic E-state index is -0.367. The highest BCUT2D eigenvalue weighted by Crippen LogP contribution is 2.24. The van der Waals surface area contributed by atoms with Crippen molar-refractivity contribution in [2.24, 2.45) is 5.73 Å². The lowest BCUT2D eigenvalue weighted by Crippen LogP contribution is -2.21. The number of amides is 1. The van der Waals surface area contributed by atoms with Gasteiger partial charge in [-0.15, -0.1) is 0 Å². The summed E-state index contributed by atoms with van der Waals surface area (Å²) < 4.78 is 10.6. The van der Waals surface area contributed by atoms with Crippen molar-refractivity contribution >= 4 is 11.6 Å². The SMILES string of the molecule is COCC(C)Nc1ccccc1OCCC(N)=O. The average Bonchev–Trinajstić information content (AvgIpc) is 2.31. The van der Waals surface area contributed by atoms with Crippen LogP contribution < -0.4 is 15.8 Å². The number of methoxy groups -OCH3 is 1. The zero-order chi connectivity index (χ0) is 13.4. The third-order valence-electron chi connectivity index (χ3n) is 2.31. The third kappa shape index (κ3) is 5.05. The Morgan fingerprint density at radius 2 is 2.17 bits per heavy atom. The number of carbonyl (C=O) groups is 1. The Kier molecular flexibility index (Phi) is 6.00. The number of hydrogen-bond acceptors (Lipinski definition) is 4. The normalized spacial score (nSPS) is 11.9. The van der Waals surface area contributed by atoms with Gasteiger partial charge in [-0.2, -0.15) is 0 Å². The number of nitrogens with one attached hydrogen (secondary N) is 1. The Labute approximate surface area is 107 Å². The zero-order valence-electron chi connectivity index (χ0n) is 10.8. The molecule has 100 valence electrons. The molecule has 1 unspecified atom stereocenters. The molecular weight excluding hydrogens is 232 g/mol. The summed E-state index contributed by atoms with van der Waals surface area (Å²) in [7, 11) is 1.66. The molecule has 5 heteroatoms. The number of para-hydroxylation sites is 2. The summed E-state index contributed by atoms with van der Waals surface area (Å²) in [5, 5.41) is 3.28. The Morgan fingerprint density at radius 1 is 1.44 bits per heavy atom. The second kappa shape index (κ2) is 7.55. The first-order valence-corrected chi connectivity index (χ1v) is 5.89. The van der Waals surface area contributed by atoms with Gasteiger partial charge in [0.1, 0.15) is 5.75 Å². The number of carbonyl (C=O) groups excluding carboxylic acids is 1. The first-order valence-electron chi connectivity index (χ1n) is 5.89.